The normalized spacial score (nSPS) is 16.4. The summed E-state index contributed by atoms with van der Waals surface area (Å²) in [7, 11) is 0. The van der Waals surface area contributed by atoms with Crippen molar-refractivity contribution in [3.05, 3.63) is 71.0 Å². The summed E-state index contributed by atoms with van der Waals surface area (Å²) in [4.78, 5) is 2.52. The van der Waals surface area contributed by atoms with Gasteiger partial charge in [0.15, 0.2) is 0 Å². The molecular weight excluding hydrogens is 299 g/mol. The minimum Gasteiger partial charge on any atom is -0.310 e. The van der Waals surface area contributed by atoms with Gasteiger partial charge in [-0.1, -0.05) is 42.0 Å². The first kappa shape index (κ1) is 17.1. The average molecular weight is 326 g/mol. The molecule has 1 heterocycles. The predicted octanol–water partition coefficient (Wildman–Crippen LogP) is 3.93. The number of benzene rings is 2. The molecule has 3 heteroatoms. The van der Waals surface area contributed by atoms with E-state index in [1.165, 1.54) is 29.5 Å². The number of rotatable bonds is 6. The van der Waals surface area contributed by atoms with E-state index in [1.54, 1.807) is 12.1 Å². The van der Waals surface area contributed by atoms with Crippen LogP contribution in [0.5, 0.6) is 0 Å². The Labute approximate surface area is 144 Å². The zero-order chi connectivity index (χ0) is 16.8. The SMILES string of the molecule is Cc1cccc(CNC2CCN(CCc3ccc(F)cc3)CC2)c1. The van der Waals surface area contributed by atoms with Gasteiger partial charge in [-0.25, -0.2) is 4.39 Å². The van der Waals surface area contributed by atoms with Crippen molar-refractivity contribution in [3.63, 3.8) is 0 Å². The molecule has 1 N–H and O–H groups in total. The molecule has 2 aromatic carbocycles. The lowest BCUT2D eigenvalue weighted by Crippen LogP contribution is -2.42. The Morgan fingerprint density at radius 3 is 2.50 bits per heavy atom. The van der Waals surface area contributed by atoms with Gasteiger partial charge in [-0.2, -0.15) is 0 Å². The molecule has 2 aromatic rings. The van der Waals surface area contributed by atoms with E-state index in [-0.39, 0.29) is 5.82 Å². The molecule has 0 atom stereocenters. The van der Waals surface area contributed by atoms with Gasteiger partial charge >= 0.3 is 0 Å². The van der Waals surface area contributed by atoms with Gasteiger partial charge in [-0.3, -0.25) is 0 Å². The molecule has 24 heavy (non-hydrogen) atoms. The Bertz CT molecular complexity index is 631. The molecule has 0 saturated carbocycles. The minimum atomic E-state index is -0.153. The third-order valence-corrected chi connectivity index (χ3v) is 4.89. The van der Waals surface area contributed by atoms with Crippen molar-refractivity contribution in [1.82, 2.24) is 10.2 Å². The molecule has 1 aliphatic heterocycles. The van der Waals surface area contributed by atoms with Crippen molar-refractivity contribution in [1.29, 1.82) is 0 Å². The largest absolute Gasteiger partial charge is 0.310 e. The predicted molar refractivity (Wildman–Crippen MR) is 97.6 cm³/mol. The van der Waals surface area contributed by atoms with Gasteiger partial charge in [-0.15, -0.1) is 0 Å². The summed E-state index contributed by atoms with van der Waals surface area (Å²) in [6.45, 7) is 6.46. The van der Waals surface area contributed by atoms with E-state index in [9.17, 15) is 4.39 Å². The monoisotopic (exact) mass is 326 g/mol. The standard InChI is InChI=1S/C21H27FN2/c1-17-3-2-4-19(15-17)16-23-21-10-13-24(14-11-21)12-9-18-5-7-20(22)8-6-18/h2-8,15,21,23H,9-14,16H2,1H3. The van der Waals surface area contributed by atoms with Gasteiger partial charge in [0.2, 0.25) is 0 Å². The molecule has 0 spiro atoms. The lowest BCUT2D eigenvalue weighted by atomic mass is 10.0. The molecule has 0 unspecified atom stereocenters. The van der Waals surface area contributed by atoms with Crippen molar-refractivity contribution in [2.45, 2.75) is 38.8 Å². The van der Waals surface area contributed by atoms with E-state index in [1.807, 2.05) is 12.1 Å². The zero-order valence-corrected chi connectivity index (χ0v) is 14.5. The van der Waals surface area contributed by atoms with Crippen LogP contribution < -0.4 is 5.32 Å². The third-order valence-electron chi connectivity index (χ3n) is 4.89. The maximum atomic E-state index is 12.9. The van der Waals surface area contributed by atoms with Crippen molar-refractivity contribution in [3.8, 4) is 0 Å². The van der Waals surface area contributed by atoms with E-state index >= 15 is 0 Å². The van der Waals surface area contributed by atoms with Crippen LogP contribution in [0.1, 0.15) is 29.5 Å². The van der Waals surface area contributed by atoms with Gasteiger partial charge in [0.05, 0.1) is 0 Å². The molecule has 0 amide bonds. The van der Waals surface area contributed by atoms with Crippen LogP contribution in [0.15, 0.2) is 48.5 Å². The Morgan fingerprint density at radius 2 is 1.79 bits per heavy atom. The smallest absolute Gasteiger partial charge is 0.123 e. The average Bonchev–Trinajstić information content (AvgIpc) is 2.60. The molecule has 1 aliphatic rings. The molecule has 0 aliphatic carbocycles. The van der Waals surface area contributed by atoms with Crippen LogP contribution in [0.2, 0.25) is 0 Å². The molecule has 3 rings (SSSR count). The Kier molecular flexibility index (Phi) is 6.00. The zero-order valence-electron chi connectivity index (χ0n) is 14.5. The molecule has 0 bridgehead atoms. The van der Waals surface area contributed by atoms with Gasteiger partial charge in [0, 0.05) is 19.1 Å². The number of likely N-dealkylation sites (tertiary alicyclic amines) is 1. The minimum absolute atomic E-state index is 0.153. The number of hydrogen-bond acceptors (Lipinski definition) is 2. The number of nitrogens with zero attached hydrogens (tertiary/aromatic N) is 1. The third kappa shape index (κ3) is 5.15. The van der Waals surface area contributed by atoms with Crippen LogP contribution in [0.25, 0.3) is 0 Å². The maximum Gasteiger partial charge on any atom is 0.123 e. The van der Waals surface area contributed by atoms with Crippen LogP contribution in [-0.4, -0.2) is 30.6 Å². The van der Waals surface area contributed by atoms with Crippen LogP contribution >= 0.6 is 0 Å². The maximum absolute atomic E-state index is 12.9. The summed E-state index contributed by atoms with van der Waals surface area (Å²) in [5.41, 5.74) is 3.91. The first-order valence-electron chi connectivity index (χ1n) is 8.95. The molecule has 2 nitrogen and oxygen atoms in total. The lowest BCUT2D eigenvalue weighted by molar-refractivity contribution is 0.199. The van der Waals surface area contributed by atoms with Crippen molar-refractivity contribution in [2.24, 2.45) is 0 Å². The number of aryl methyl sites for hydroxylation is 1. The van der Waals surface area contributed by atoms with E-state index < -0.39 is 0 Å². The first-order chi connectivity index (χ1) is 11.7. The van der Waals surface area contributed by atoms with Gasteiger partial charge in [-0.05, 0) is 62.5 Å². The first-order valence-corrected chi connectivity index (χ1v) is 8.95. The second-order valence-electron chi connectivity index (χ2n) is 6.86. The quantitative estimate of drug-likeness (QED) is 0.865. The fourth-order valence-electron chi connectivity index (χ4n) is 3.38. The highest BCUT2D eigenvalue weighted by atomic mass is 19.1. The molecule has 0 aromatic heterocycles. The Morgan fingerprint density at radius 1 is 1.04 bits per heavy atom. The summed E-state index contributed by atoms with van der Waals surface area (Å²) in [5.74, 6) is -0.153. The second-order valence-corrected chi connectivity index (χ2v) is 6.86. The van der Waals surface area contributed by atoms with Crippen LogP contribution in [0, 0.1) is 12.7 Å². The highest BCUT2D eigenvalue weighted by molar-refractivity contribution is 5.22. The molecule has 1 saturated heterocycles. The van der Waals surface area contributed by atoms with Crippen molar-refractivity contribution < 1.29 is 4.39 Å². The van der Waals surface area contributed by atoms with E-state index in [2.05, 4.69) is 41.4 Å². The molecule has 128 valence electrons. The van der Waals surface area contributed by atoms with Crippen molar-refractivity contribution in [2.75, 3.05) is 19.6 Å². The van der Waals surface area contributed by atoms with Crippen LogP contribution in [0.3, 0.4) is 0 Å². The van der Waals surface area contributed by atoms with Crippen LogP contribution in [-0.2, 0) is 13.0 Å². The van der Waals surface area contributed by atoms with Crippen LogP contribution in [0.4, 0.5) is 4.39 Å². The van der Waals surface area contributed by atoms with E-state index in [0.717, 1.165) is 32.6 Å². The summed E-state index contributed by atoms with van der Waals surface area (Å²) >= 11 is 0. The topological polar surface area (TPSA) is 15.3 Å². The number of nitrogens with one attached hydrogen (secondary N) is 1. The fourth-order valence-corrected chi connectivity index (χ4v) is 3.38. The molecular formula is C21H27FN2. The van der Waals surface area contributed by atoms with Gasteiger partial charge < -0.3 is 10.2 Å². The summed E-state index contributed by atoms with van der Waals surface area (Å²) in [6, 6.07) is 16.2. The van der Waals surface area contributed by atoms with Gasteiger partial charge in [0.25, 0.3) is 0 Å². The number of halogens is 1. The van der Waals surface area contributed by atoms with E-state index in [4.69, 9.17) is 0 Å². The fraction of sp³-hybridized carbons (Fsp3) is 0.429. The second kappa shape index (κ2) is 8.41. The van der Waals surface area contributed by atoms with E-state index in [0.29, 0.717) is 6.04 Å². The van der Waals surface area contributed by atoms with Crippen molar-refractivity contribution >= 4 is 0 Å². The summed E-state index contributed by atoms with van der Waals surface area (Å²) in [6.07, 6.45) is 3.41. The highest BCUT2D eigenvalue weighted by Crippen LogP contribution is 2.13. The Balaban J connectivity index is 1.37. The number of piperidine rings is 1. The lowest BCUT2D eigenvalue weighted by Gasteiger charge is -2.32. The Hall–Kier alpha value is -1.71. The number of hydrogen-bond donors (Lipinski definition) is 1. The molecule has 0 radical (unpaired) electrons. The highest BCUT2D eigenvalue weighted by Gasteiger charge is 2.18. The molecule has 1 fully saturated rings. The van der Waals surface area contributed by atoms with Gasteiger partial charge in [0.1, 0.15) is 5.82 Å². The summed E-state index contributed by atoms with van der Waals surface area (Å²) in [5, 5.41) is 3.70. The summed E-state index contributed by atoms with van der Waals surface area (Å²) < 4.78 is 12.9.